The van der Waals surface area contributed by atoms with Crippen LogP contribution in [0.2, 0.25) is 0 Å². The van der Waals surface area contributed by atoms with Crippen LogP contribution in [0.5, 0.6) is 11.5 Å². The van der Waals surface area contributed by atoms with Crippen molar-refractivity contribution in [3.05, 3.63) is 95.1 Å². The van der Waals surface area contributed by atoms with Crippen LogP contribution in [0.3, 0.4) is 0 Å². The van der Waals surface area contributed by atoms with Gasteiger partial charge in [-0.05, 0) is 60.4 Å². The quantitative estimate of drug-likeness (QED) is 0.359. The largest absolute Gasteiger partial charge is 0.484 e. The van der Waals surface area contributed by atoms with Crippen LogP contribution in [-0.4, -0.2) is 37.5 Å². The molecule has 2 N–H and O–H groups in total. The van der Waals surface area contributed by atoms with Crippen molar-refractivity contribution in [1.82, 2.24) is 10.9 Å². The summed E-state index contributed by atoms with van der Waals surface area (Å²) in [5.41, 5.74) is 8.53. The second-order valence-corrected chi connectivity index (χ2v) is 7.46. The third-order valence-electron chi connectivity index (χ3n) is 4.46. The Morgan fingerprint density at radius 1 is 0.706 bits per heavy atom. The summed E-state index contributed by atoms with van der Waals surface area (Å²) in [6, 6.07) is 22.2. The highest BCUT2D eigenvalue weighted by molar-refractivity contribution is 5.86. The Labute approximate surface area is 198 Å². The lowest BCUT2D eigenvalue weighted by Crippen LogP contribution is -2.24. The van der Waals surface area contributed by atoms with E-state index in [9.17, 15) is 9.59 Å². The van der Waals surface area contributed by atoms with Gasteiger partial charge in [-0.1, -0.05) is 48.5 Å². The molecule has 0 spiro atoms. The first kappa shape index (κ1) is 24.2. The van der Waals surface area contributed by atoms with Crippen LogP contribution in [-0.2, 0) is 9.59 Å². The third kappa shape index (κ3) is 8.58. The number of aryl methyl sites for hydroxylation is 2. The molecule has 0 aromatic heterocycles. The highest BCUT2D eigenvalue weighted by Crippen LogP contribution is 2.12. The van der Waals surface area contributed by atoms with Crippen molar-refractivity contribution in [2.75, 3.05) is 13.2 Å². The number of carbonyl (C=O) groups is 2. The van der Waals surface area contributed by atoms with Crippen LogP contribution in [0.1, 0.15) is 22.3 Å². The highest BCUT2D eigenvalue weighted by Gasteiger charge is 2.02. The van der Waals surface area contributed by atoms with Gasteiger partial charge in [-0.3, -0.25) is 9.59 Å². The van der Waals surface area contributed by atoms with Gasteiger partial charge < -0.3 is 9.47 Å². The molecule has 3 rings (SSSR count). The zero-order valence-electron chi connectivity index (χ0n) is 19.0. The van der Waals surface area contributed by atoms with Gasteiger partial charge in [0.05, 0.1) is 12.4 Å². The summed E-state index contributed by atoms with van der Waals surface area (Å²) in [6.45, 7) is 3.65. The number of amides is 2. The fourth-order valence-electron chi connectivity index (χ4n) is 2.80. The fraction of sp³-hybridized carbons (Fsp3) is 0.154. The average molecular weight is 459 g/mol. The first-order chi connectivity index (χ1) is 16.5. The minimum atomic E-state index is -0.358. The van der Waals surface area contributed by atoms with Crippen molar-refractivity contribution in [1.29, 1.82) is 0 Å². The normalized spacial score (nSPS) is 10.9. The molecular formula is C26H26N4O4. The number of ether oxygens (including phenoxy) is 2. The van der Waals surface area contributed by atoms with Crippen molar-refractivity contribution in [2.24, 2.45) is 10.2 Å². The maximum Gasteiger partial charge on any atom is 0.277 e. The number of benzene rings is 3. The maximum absolute atomic E-state index is 11.9. The molecule has 3 aromatic rings. The number of hydrazone groups is 2. The van der Waals surface area contributed by atoms with Gasteiger partial charge in [0.25, 0.3) is 11.8 Å². The summed E-state index contributed by atoms with van der Waals surface area (Å²) in [6.07, 6.45) is 3.05. The lowest BCUT2D eigenvalue weighted by atomic mass is 10.2. The number of hydrogen-bond acceptors (Lipinski definition) is 6. The molecule has 0 unspecified atom stereocenters. The van der Waals surface area contributed by atoms with Gasteiger partial charge in [0.2, 0.25) is 0 Å². The molecule has 2 amide bonds. The monoisotopic (exact) mass is 458 g/mol. The topological polar surface area (TPSA) is 101 Å². The van der Waals surface area contributed by atoms with Gasteiger partial charge in [0.15, 0.2) is 13.2 Å². The predicted octanol–water partition coefficient (Wildman–Crippen LogP) is 3.36. The number of nitrogens with one attached hydrogen (secondary N) is 2. The van der Waals surface area contributed by atoms with Gasteiger partial charge in [-0.15, -0.1) is 0 Å². The van der Waals surface area contributed by atoms with E-state index in [1.54, 1.807) is 12.1 Å². The van der Waals surface area contributed by atoms with E-state index in [0.29, 0.717) is 11.5 Å². The van der Waals surface area contributed by atoms with Gasteiger partial charge in [-0.2, -0.15) is 10.2 Å². The molecule has 0 atom stereocenters. The Hall–Kier alpha value is -4.46. The van der Waals surface area contributed by atoms with Gasteiger partial charge in [0, 0.05) is 0 Å². The summed E-state index contributed by atoms with van der Waals surface area (Å²) in [7, 11) is 0. The van der Waals surface area contributed by atoms with Gasteiger partial charge in [-0.25, -0.2) is 10.9 Å². The molecule has 0 bridgehead atoms. The summed E-state index contributed by atoms with van der Waals surface area (Å²) >= 11 is 0. The number of nitrogens with zero attached hydrogens (tertiary/aromatic N) is 2. The molecule has 0 radical (unpaired) electrons. The molecule has 0 saturated carbocycles. The van der Waals surface area contributed by atoms with Crippen molar-refractivity contribution in [2.45, 2.75) is 13.8 Å². The SMILES string of the molecule is Cc1cccc(OCC(=O)N/N=C/c2ccc(/C=N/NC(=O)COc3cccc(C)c3)cc2)c1. The molecule has 0 fully saturated rings. The van der Waals surface area contributed by atoms with E-state index in [2.05, 4.69) is 21.1 Å². The van der Waals surface area contributed by atoms with E-state index in [1.165, 1.54) is 12.4 Å². The van der Waals surface area contributed by atoms with Crippen LogP contribution in [0.4, 0.5) is 0 Å². The van der Waals surface area contributed by atoms with E-state index in [0.717, 1.165) is 22.3 Å². The number of carbonyl (C=O) groups excluding carboxylic acids is 2. The van der Waals surface area contributed by atoms with Crippen molar-refractivity contribution in [3.63, 3.8) is 0 Å². The average Bonchev–Trinajstić information content (AvgIpc) is 2.83. The molecule has 8 heteroatoms. The maximum atomic E-state index is 11.9. The molecule has 174 valence electrons. The van der Waals surface area contributed by atoms with Crippen LogP contribution in [0, 0.1) is 13.8 Å². The van der Waals surface area contributed by atoms with Crippen LogP contribution in [0.25, 0.3) is 0 Å². The Bertz CT molecular complexity index is 1080. The Kier molecular flexibility index (Phi) is 8.92. The third-order valence-corrected chi connectivity index (χ3v) is 4.46. The molecule has 0 heterocycles. The van der Waals surface area contributed by atoms with E-state index < -0.39 is 0 Å². The molecule has 34 heavy (non-hydrogen) atoms. The Morgan fingerprint density at radius 3 is 1.50 bits per heavy atom. The highest BCUT2D eigenvalue weighted by atomic mass is 16.5. The molecule has 0 aliphatic carbocycles. The van der Waals surface area contributed by atoms with E-state index in [4.69, 9.17) is 9.47 Å². The van der Waals surface area contributed by atoms with Gasteiger partial charge >= 0.3 is 0 Å². The number of hydrogen-bond donors (Lipinski definition) is 2. The second-order valence-electron chi connectivity index (χ2n) is 7.46. The van der Waals surface area contributed by atoms with Crippen molar-refractivity contribution >= 4 is 24.2 Å². The van der Waals surface area contributed by atoms with Gasteiger partial charge in [0.1, 0.15) is 11.5 Å². The minimum Gasteiger partial charge on any atom is -0.484 e. The smallest absolute Gasteiger partial charge is 0.277 e. The lowest BCUT2D eigenvalue weighted by molar-refractivity contribution is -0.123. The molecule has 8 nitrogen and oxygen atoms in total. The lowest BCUT2D eigenvalue weighted by Gasteiger charge is -2.05. The molecule has 3 aromatic carbocycles. The zero-order chi connectivity index (χ0) is 24.2. The van der Waals surface area contributed by atoms with E-state index in [-0.39, 0.29) is 25.0 Å². The Balaban J connectivity index is 1.37. The van der Waals surface area contributed by atoms with Crippen LogP contribution < -0.4 is 20.3 Å². The molecular weight excluding hydrogens is 432 g/mol. The van der Waals surface area contributed by atoms with Crippen LogP contribution in [0.15, 0.2) is 83.0 Å². The van der Waals surface area contributed by atoms with E-state index >= 15 is 0 Å². The number of rotatable bonds is 10. The van der Waals surface area contributed by atoms with E-state index in [1.807, 2.05) is 74.5 Å². The predicted molar refractivity (Wildman–Crippen MR) is 131 cm³/mol. The summed E-state index contributed by atoms with van der Waals surface area (Å²) in [4.78, 5) is 23.7. The van der Waals surface area contributed by atoms with Crippen molar-refractivity contribution in [3.8, 4) is 11.5 Å². The first-order valence-electron chi connectivity index (χ1n) is 10.6. The van der Waals surface area contributed by atoms with Crippen LogP contribution >= 0.6 is 0 Å². The molecule has 0 aliphatic rings. The standard InChI is InChI=1S/C26H26N4O4/c1-19-5-3-7-23(13-19)33-17-25(31)29-27-15-21-9-11-22(12-10-21)16-28-30-26(32)18-34-24-8-4-6-20(2)14-24/h3-16H,17-18H2,1-2H3,(H,29,31)(H,30,32)/b27-15+,28-16+. The summed E-state index contributed by atoms with van der Waals surface area (Å²) in [5.74, 6) is 0.546. The Morgan fingerprint density at radius 2 is 1.12 bits per heavy atom. The van der Waals surface area contributed by atoms with Crippen molar-refractivity contribution < 1.29 is 19.1 Å². The fourth-order valence-corrected chi connectivity index (χ4v) is 2.80. The summed E-state index contributed by atoms with van der Waals surface area (Å²) < 4.78 is 10.9. The second kappa shape index (κ2) is 12.5. The summed E-state index contributed by atoms with van der Waals surface area (Å²) in [5, 5.41) is 7.86. The minimum absolute atomic E-state index is 0.127. The first-order valence-corrected chi connectivity index (χ1v) is 10.6. The molecule has 0 saturated heterocycles. The molecule has 0 aliphatic heterocycles. The zero-order valence-corrected chi connectivity index (χ0v) is 19.0.